The van der Waals surface area contributed by atoms with Gasteiger partial charge in [0.1, 0.15) is 10.4 Å². The normalized spacial score (nSPS) is 22.4. The topological polar surface area (TPSA) is 52.0 Å². The minimum atomic E-state index is 0.751. The summed E-state index contributed by atoms with van der Waals surface area (Å²) >= 11 is 3.25. The maximum Gasteiger partial charge on any atom is 0.126 e. The molecule has 2 aliphatic rings. The molecule has 0 bridgehead atoms. The Morgan fingerprint density at radius 2 is 2.26 bits per heavy atom. The van der Waals surface area contributed by atoms with Gasteiger partial charge in [0, 0.05) is 31.8 Å². The predicted octanol–water partition coefficient (Wildman–Crippen LogP) is 3.15. The van der Waals surface area contributed by atoms with Gasteiger partial charge in [0.25, 0.3) is 0 Å². The van der Waals surface area contributed by atoms with Gasteiger partial charge in [-0.3, -0.25) is 4.90 Å². The second-order valence-corrected chi connectivity index (χ2v) is 5.80. The number of rotatable bonds is 1. The van der Waals surface area contributed by atoms with Crippen molar-refractivity contribution in [1.82, 2.24) is 9.88 Å². The molecule has 0 saturated carbocycles. The van der Waals surface area contributed by atoms with Gasteiger partial charge in [0.05, 0.1) is 0 Å². The van der Waals surface area contributed by atoms with Crippen LogP contribution >= 0.6 is 15.9 Å². The van der Waals surface area contributed by atoms with Crippen LogP contribution in [0.4, 0.5) is 5.82 Å². The lowest BCUT2D eigenvalue weighted by Crippen LogP contribution is -2.37. The van der Waals surface area contributed by atoms with Crippen molar-refractivity contribution < 1.29 is 0 Å². The Kier molecular flexibility index (Phi) is 5.34. The van der Waals surface area contributed by atoms with Gasteiger partial charge < -0.3 is 10.7 Å². The largest absolute Gasteiger partial charge is 0.373 e. The van der Waals surface area contributed by atoms with Crippen LogP contribution < -0.4 is 5.32 Å². The Hall–Kier alpha value is -0.940. The van der Waals surface area contributed by atoms with Crippen molar-refractivity contribution in [1.29, 1.82) is 5.41 Å². The minimum Gasteiger partial charge on any atom is -0.373 e. The summed E-state index contributed by atoms with van der Waals surface area (Å²) in [5.41, 5.74) is 0.975. The highest BCUT2D eigenvalue weighted by Crippen LogP contribution is 2.24. The van der Waals surface area contributed by atoms with Crippen LogP contribution in [0.1, 0.15) is 25.7 Å². The van der Waals surface area contributed by atoms with Crippen molar-refractivity contribution >= 4 is 27.5 Å². The second kappa shape index (κ2) is 7.01. The molecular weight excluding hydrogens is 304 g/mol. The molecule has 2 N–H and O–H groups in total. The molecule has 104 valence electrons. The van der Waals surface area contributed by atoms with E-state index in [2.05, 4.69) is 31.1 Å². The Morgan fingerprint density at radius 1 is 1.42 bits per heavy atom. The fraction of sp³-hybridized carbons (Fsp3) is 0.571. The quantitative estimate of drug-likeness (QED) is 0.780. The van der Waals surface area contributed by atoms with Crippen LogP contribution in [0, 0.1) is 5.41 Å². The first-order valence-electron chi connectivity index (χ1n) is 6.79. The van der Waals surface area contributed by atoms with Gasteiger partial charge >= 0.3 is 0 Å². The van der Waals surface area contributed by atoms with E-state index in [1.165, 1.54) is 19.4 Å². The number of hydrogen-bond acceptors (Lipinski definition) is 4. The lowest BCUT2D eigenvalue weighted by Gasteiger charge is -2.29. The number of piperidine rings is 1. The molecule has 0 radical (unpaired) electrons. The number of fused-ring (bicyclic) bond motifs is 1. The summed E-state index contributed by atoms with van der Waals surface area (Å²) in [6, 6.07) is 6.48. The Bertz CT molecular complexity index is 435. The molecule has 1 atom stereocenters. The molecule has 4 nitrogen and oxygen atoms in total. The van der Waals surface area contributed by atoms with E-state index in [1.54, 1.807) is 0 Å². The number of aromatic nitrogens is 1. The van der Waals surface area contributed by atoms with Gasteiger partial charge in [0.2, 0.25) is 0 Å². The van der Waals surface area contributed by atoms with Gasteiger partial charge in [-0.1, -0.05) is 6.07 Å². The monoisotopic (exact) mass is 324 g/mol. The maximum absolute atomic E-state index is 7.51. The first kappa shape index (κ1) is 14.5. The molecule has 1 aromatic rings. The Labute approximate surface area is 123 Å². The van der Waals surface area contributed by atoms with Crippen LogP contribution in [0.25, 0.3) is 0 Å². The Balaban J connectivity index is 0.000000141. The SMILES string of the molecule is CNc1cccc(Br)n1.N=C1CCN2CCCC2C1. The summed E-state index contributed by atoms with van der Waals surface area (Å²) in [5.74, 6) is 0.879. The highest BCUT2D eigenvalue weighted by atomic mass is 79.9. The fourth-order valence-electron chi connectivity index (χ4n) is 2.63. The first-order valence-corrected chi connectivity index (χ1v) is 7.59. The molecule has 1 aromatic heterocycles. The summed E-state index contributed by atoms with van der Waals surface area (Å²) in [6.45, 7) is 2.45. The van der Waals surface area contributed by atoms with Gasteiger partial charge in [0.15, 0.2) is 0 Å². The molecule has 2 fully saturated rings. The molecule has 1 unspecified atom stereocenters. The van der Waals surface area contributed by atoms with E-state index in [0.717, 1.165) is 41.6 Å². The van der Waals surface area contributed by atoms with Crippen molar-refractivity contribution in [2.45, 2.75) is 31.7 Å². The van der Waals surface area contributed by atoms with Crippen molar-refractivity contribution in [3.8, 4) is 0 Å². The second-order valence-electron chi connectivity index (χ2n) is 4.99. The van der Waals surface area contributed by atoms with Gasteiger partial charge in [-0.15, -0.1) is 0 Å². The minimum absolute atomic E-state index is 0.751. The van der Waals surface area contributed by atoms with E-state index in [9.17, 15) is 0 Å². The number of nitrogens with one attached hydrogen (secondary N) is 2. The number of halogens is 1. The van der Waals surface area contributed by atoms with Crippen molar-refractivity contribution in [3.05, 3.63) is 22.8 Å². The molecule has 19 heavy (non-hydrogen) atoms. The van der Waals surface area contributed by atoms with E-state index >= 15 is 0 Å². The third-order valence-corrected chi connectivity index (χ3v) is 4.09. The third-order valence-electron chi connectivity index (χ3n) is 3.65. The average molecular weight is 325 g/mol. The van der Waals surface area contributed by atoms with Gasteiger partial charge in [-0.2, -0.15) is 0 Å². The third kappa shape index (κ3) is 4.28. The molecule has 2 saturated heterocycles. The van der Waals surface area contributed by atoms with E-state index in [1.807, 2.05) is 25.2 Å². The first-order chi connectivity index (χ1) is 9.19. The molecule has 3 heterocycles. The predicted molar refractivity (Wildman–Crippen MR) is 83.0 cm³/mol. The summed E-state index contributed by atoms with van der Waals surface area (Å²) in [4.78, 5) is 6.64. The standard InChI is InChI=1S/C8H14N2.C6H7BrN2/c9-7-3-5-10-4-1-2-8(10)6-7;1-8-6-4-2-3-5(7)9-6/h8-9H,1-6H2;2-4H,1H3,(H,8,9). The van der Waals surface area contributed by atoms with Crippen molar-refractivity contribution in [2.75, 3.05) is 25.5 Å². The van der Waals surface area contributed by atoms with Crippen LogP contribution in [-0.4, -0.2) is 41.8 Å². The van der Waals surface area contributed by atoms with Crippen LogP contribution in [0.15, 0.2) is 22.8 Å². The lowest BCUT2D eigenvalue weighted by atomic mass is 10.0. The number of pyridine rings is 1. The summed E-state index contributed by atoms with van der Waals surface area (Å²) in [6.07, 6.45) is 4.77. The van der Waals surface area contributed by atoms with Crippen LogP contribution in [-0.2, 0) is 0 Å². The number of anilines is 1. The smallest absolute Gasteiger partial charge is 0.126 e. The molecule has 0 spiro atoms. The van der Waals surface area contributed by atoms with Crippen LogP contribution in [0.2, 0.25) is 0 Å². The van der Waals surface area contributed by atoms with Crippen molar-refractivity contribution in [2.24, 2.45) is 0 Å². The molecule has 3 rings (SSSR count). The highest BCUT2D eigenvalue weighted by molar-refractivity contribution is 9.10. The fourth-order valence-corrected chi connectivity index (χ4v) is 2.98. The molecule has 2 aliphatic heterocycles. The zero-order chi connectivity index (χ0) is 13.7. The molecule has 0 aliphatic carbocycles. The number of nitrogens with zero attached hydrogens (tertiary/aromatic N) is 2. The van der Waals surface area contributed by atoms with Gasteiger partial charge in [-0.25, -0.2) is 4.98 Å². The summed E-state index contributed by atoms with van der Waals surface area (Å²) < 4.78 is 0.856. The molecule has 0 aromatic carbocycles. The van der Waals surface area contributed by atoms with Crippen LogP contribution in [0.3, 0.4) is 0 Å². The molecular formula is C14H21BrN4. The van der Waals surface area contributed by atoms with E-state index in [0.29, 0.717) is 0 Å². The van der Waals surface area contributed by atoms with E-state index < -0.39 is 0 Å². The summed E-state index contributed by atoms with van der Waals surface area (Å²) in [5, 5.41) is 10.4. The zero-order valence-corrected chi connectivity index (χ0v) is 12.9. The summed E-state index contributed by atoms with van der Waals surface area (Å²) in [7, 11) is 1.84. The van der Waals surface area contributed by atoms with Crippen LogP contribution in [0.5, 0.6) is 0 Å². The van der Waals surface area contributed by atoms with Crippen molar-refractivity contribution in [3.63, 3.8) is 0 Å². The Morgan fingerprint density at radius 3 is 2.95 bits per heavy atom. The molecule has 5 heteroatoms. The molecule has 0 amide bonds. The maximum atomic E-state index is 7.51. The number of hydrogen-bond donors (Lipinski definition) is 2. The van der Waals surface area contributed by atoms with Gasteiger partial charge in [-0.05, 0) is 53.9 Å². The lowest BCUT2D eigenvalue weighted by molar-refractivity contribution is 0.249. The average Bonchev–Trinajstić information content (AvgIpc) is 2.86. The van der Waals surface area contributed by atoms with E-state index in [4.69, 9.17) is 5.41 Å². The zero-order valence-electron chi connectivity index (χ0n) is 11.3. The highest BCUT2D eigenvalue weighted by Gasteiger charge is 2.28. The van der Waals surface area contributed by atoms with E-state index in [-0.39, 0.29) is 0 Å².